The number of guanidine groups is 1. The summed E-state index contributed by atoms with van der Waals surface area (Å²) in [5.74, 6) is 1.07. The predicted molar refractivity (Wildman–Crippen MR) is 90.4 cm³/mol. The molecule has 1 atom stereocenters. The summed E-state index contributed by atoms with van der Waals surface area (Å²) in [4.78, 5) is 34.3. The lowest BCUT2D eigenvalue weighted by molar-refractivity contribution is -0.539. The molecule has 3 heterocycles. The second-order valence-electron chi connectivity index (χ2n) is 6.45. The van der Waals surface area contributed by atoms with Gasteiger partial charge in [-0.1, -0.05) is 17.1 Å². The number of rotatable bonds is 1. The van der Waals surface area contributed by atoms with Crippen LogP contribution in [0.1, 0.15) is 12.0 Å². The molecule has 0 bridgehead atoms. The van der Waals surface area contributed by atoms with Crippen LogP contribution in [0.5, 0.6) is 0 Å². The molecule has 4 rings (SSSR count). The number of hydrogen-bond acceptors (Lipinski definition) is 4. The Morgan fingerprint density at radius 1 is 1.21 bits per heavy atom. The Hall–Kier alpha value is -2.70. The average Bonchev–Trinajstić information content (AvgIpc) is 2.97. The van der Waals surface area contributed by atoms with E-state index < -0.39 is 6.04 Å². The van der Waals surface area contributed by atoms with Crippen LogP contribution in [0.25, 0.3) is 0 Å². The first-order valence-corrected chi connectivity index (χ1v) is 8.10. The lowest BCUT2D eigenvalue weighted by Crippen LogP contribution is -2.62. The molecule has 0 saturated carbocycles. The molecule has 1 saturated heterocycles. The maximum absolute atomic E-state index is 12.6. The van der Waals surface area contributed by atoms with Gasteiger partial charge < -0.3 is 0 Å². The van der Waals surface area contributed by atoms with Gasteiger partial charge in [0.15, 0.2) is 0 Å². The Morgan fingerprint density at radius 2 is 2.00 bits per heavy atom. The number of amidine groups is 1. The van der Waals surface area contributed by atoms with Crippen molar-refractivity contribution in [2.45, 2.75) is 19.4 Å². The van der Waals surface area contributed by atoms with Crippen molar-refractivity contribution in [3.05, 3.63) is 29.8 Å². The van der Waals surface area contributed by atoms with Crippen molar-refractivity contribution >= 4 is 29.4 Å². The van der Waals surface area contributed by atoms with Crippen molar-refractivity contribution in [3.63, 3.8) is 0 Å². The first kappa shape index (κ1) is 14.9. The Kier molecular flexibility index (Phi) is 3.19. The van der Waals surface area contributed by atoms with Gasteiger partial charge in [0, 0.05) is 20.5 Å². The topological polar surface area (TPSA) is 59.2 Å². The molecular weight excluding hydrogens is 306 g/mol. The van der Waals surface area contributed by atoms with Gasteiger partial charge in [0.05, 0.1) is 13.1 Å². The highest BCUT2D eigenvalue weighted by atomic mass is 16.2. The number of aliphatic imine (C=N–C) groups is 1. The molecule has 3 aliphatic rings. The molecule has 0 aliphatic carbocycles. The Labute approximate surface area is 140 Å². The van der Waals surface area contributed by atoms with Crippen molar-refractivity contribution < 1.29 is 14.2 Å². The minimum atomic E-state index is -0.500. The van der Waals surface area contributed by atoms with Crippen LogP contribution in [0.4, 0.5) is 10.5 Å². The zero-order valence-corrected chi connectivity index (χ0v) is 14.1. The summed E-state index contributed by atoms with van der Waals surface area (Å²) in [6.07, 6.45) is 0.936. The van der Waals surface area contributed by atoms with E-state index in [0.29, 0.717) is 5.84 Å². The standard InChI is InChI=1S/C17H20N5O2/c1-11-6-4-7-12(10-11)21-8-5-9-22-13-14(18-16(21)22)19(2)17(24)20(3)15(13)23/h4,6-7,10,13H,5,8-9H2,1-3H3/q+1. The molecule has 0 radical (unpaired) electrons. The molecule has 0 aromatic heterocycles. The van der Waals surface area contributed by atoms with Crippen LogP contribution in [-0.4, -0.2) is 71.3 Å². The highest BCUT2D eigenvalue weighted by Gasteiger charge is 2.53. The summed E-state index contributed by atoms with van der Waals surface area (Å²) in [6, 6.07) is 7.41. The number of carbonyl (C=O) groups excluding carboxylic acids is 2. The largest absolute Gasteiger partial charge is 0.397 e. The van der Waals surface area contributed by atoms with E-state index in [0.717, 1.165) is 31.2 Å². The molecule has 0 N–H and O–H groups in total. The van der Waals surface area contributed by atoms with Crippen LogP contribution in [-0.2, 0) is 4.79 Å². The number of fused-ring (bicyclic) bond motifs is 2. The van der Waals surface area contributed by atoms with Crippen LogP contribution < -0.4 is 4.90 Å². The highest BCUT2D eigenvalue weighted by Crippen LogP contribution is 2.26. The summed E-state index contributed by atoms with van der Waals surface area (Å²) >= 11 is 0. The Bertz CT molecular complexity index is 813. The Morgan fingerprint density at radius 3 is 2.75 bits per heavy atom. The van der Waals surface area contributed by atoms with E-state index in [-0.39, 0.29) is 11.9 Å². The highest BCUT2D eigenvalue weighted by molar-refractivity contribution is 6.23. The van der Waals surface area contributed by atoms with E-state index in [1.807, 2.05) is 10.6 Å². The molecule has 24 heavy (non-hydrogen) atoms. The second-order valence-corrected chi connectivity index (χ2v) is 6.45. The van der Waals surface area contributed by atoms with Gasteiger partial charge in [0.1, 0.15) is 5.69 Å². The van der Waals surface area contributed by atoms with Crippen molar-refractivity contribution in [3.8, 4) is 0 Å². The van der Waals surface area contributed by atoms with Crippen LogP contribution >= 0.6 is 0 Å². The van der Waals surface area contributed by atoms with E-state index in [9.17, 15) is 9.59 Å². The number of likely N-dealkylation sites (N-methyl/N-ethyl adjacent to an activating group) is 2. The summed E-state index contributed by atoms with van der Waals surface area (Å²) in [5.41, 5.74) is 2.24. The normalized spacial score (nSPS) is 23.5. The minimum Gasteiger partial charge on any atom is -0.270 e. The predicted octanol–water partition coefficient (Wildman–Crippen LogP) is 0.878. The summed E-state index contributed by atoms with van der Waals surface area (Å²) in [7, 11) is 3.20. The fourth-order valence-corrected chi connectivity index (χ4v) is 3.57. The number of anilines is 1. The molecule has 124 valence electrons. The van der Waals surface area contributed by atoms with E-state index in [1.165, 1.54) is 22.4 Å². The summed E-state index contributed by atoms with van der Waals surface area (Å²) < 4.78 is 2.02. The van der Waals surface area contributed by atoms with Crippen LogP contribution in [0.2, 0.25) is 0 Å². The van der Waals surface area contributed by atoms with Gasteiger partial charge in [0.25, 0.3) is 5.91 Å². The van der Waals surface area contributed by atoms with E-state index in [1.54, 1.807) is 7.05 Å². The van der Waals surface area contributed by atoms with Crippen molar-refractivity contribution in [1.29, 1.82) is 0 Å². The number of hydrogen-bond donors (Lipinski definition) is 0. The van der Waals surface area contributed by atoms with E-state index >= 15 is 0 Å². The van der Waals surface area contributed by atoms with Crippen molar-refractivity contribution in [1.82, 2.24) is 9.80 Å². The number of carbonyl (C=O) groups is 2. The quantitative estimate of drug-likeness (QED) is 0.720. The van der Waals surface area contributed by atoms with Gasteiger partial charge in [-0.2, -0.15) is 0 Å². The first-order chi connectivity index (χ1) is 11.5. The molecule has 0 spiro atoms. The van der Waals surface area contributed by atoms with E-state index in [2.05, 4.69) is 35.0 Å². The fourth-order valence-electron chi connectivity index (χ4n) is 3.57. The molecule has 3 amide bonds. The minimum absolute atomic E-state index is 0.210. The second kappa shape index (κ2) is 5.15. The fraction of sp³-hybridized carbons (Fsp3) is 0.412. The molecule has 1 unspecified atom stereocenters. The van der Waals surface area contributed by atoms with Crippen LogP contribution in [0.15, 0.2) is 29.3 Å². The number of imide groups is 1. The third-order valence-corrected chi connectivity index (χ3v) is 4.85. The molecule has 1 aromatic rings. The SMILES string of the molecule is Cc1cccc(N2CCC[N+]3=C2N=C2C3C(=O)N(C)C(=O)N2C)c1. The molecule has 1 fully saturated rings. The number of benzene rings is 1. The number of amides is 3. The molecule has 3 aliphatic heterocycles. The lowest BCUT2D eigenvalue weighted by atomic mass is 10.1. The zero-order valence-electron chi connectivity index (χ0n) is 14.1. The Balaban J connectivity index is 1.80. The van der Waals surface area contributed by atoms with Crippen molar-refractivity contribution in [2.24, 2.45) is 4.99 Å². The summed E-state index contributed by atoms with van der Waals surface area (Å²) in [5, 5.41) is 0. The van der Waals surface area contributed by atoms with Gasteiger partial charge in [-0.25, -0.2) is 14.3 Å². The number of aryl methyl sites for hydroxylation is 1. The maximum Gasteiger partial charge on any atom is 0.397 e. The van der Waals surface area contributed by atoms with Crippen LogP contribution in [0.3, 0.4) is 0 Å². The van der Waals surface area contributed by atoms with Crippen molar-refractivity contribution in [2.75, 3.05) is 32.1 Å². The van der Waals surface area contributed by atoms with Gasteiger partial charge >= 0.3 is 12.0 Å². The van der Waals surface area contributed by atoms with Gasteiger partial charge in [-0.3, -0.25) is 14.6 Å². The van der Waals surface area contributed by atoms with Gasteiger partial charge in [-0.05, 0) is 24.6 Å². The monoisotopic (exact) mass is 326 g/mol. The number of nitrogens with zero attached hydrogens (tertiary/aromatic N) is 5. The first-order valence-electron chi connectivity index (χ1n) is 8.10. The molecule has 1 aromatic carbocycles. The molecule has 7 heteroatoms. The van der Waals surface area contributed by atoms with Crippen LogP contribution in [0, 0.1) is 6.92 Å². The molecular formula is C17H20N5O2+. The van der Waals surface area contributed by atoms with E-state index in [4.69, 9.17) is 0 Å². The summed E-state index contributed by atoms with van der Waals surface area (Å²) in [6.45, 7) is 3.67. The smallest absolute Gasteiger partial charge is 0.270 e. The maximum atomic E-state index is 12.6. The third kappa shape index (κ3) is 1.97. The molecule has 7 nitrogen and oxygen atoms in total. The zero-order chi connectivity index (χ0) is 17.0. The average molecular weight is 326 g/mol. The third-order valence-electron chi connectivity index (χ3n) is 4.85. The number of urea groups is 1. The van der Waals surface area contributed by atoms with Gasteiger partial charge in [0.2, 0.25) is 11.9 Å². The lowest BCUT2D eigenvalue weighted by Gasteiger charge is -2.32. The van der Waals surface area contributed by atoms with Gasteiger partial charge in [-0.15, -0.1) is 0 Å².